The van der Waals surface area contributed by atoms with Crippen molar-refractivity contribution in [3.8, 4) is 0 Å². The smallest absolute Gasteiger partial charge is 0.271 e. The number of aryl methyl sites for hydroxylation is 2. The molecule has 2 aromatic heterocycles. The fourth-order valence-electron chi connectivity index (χ4n) is 4.94. The molecule has 3 heterocycles. The molecule has 1 atom stereocenters. The molecule has 1 saturated heterocycles. The molecular weight excluding hydrogens is 416 g/mol. The lowest BCUT2D eigenvalue weighted by molar-refractivity contribution is 0.0904. The largest absolute Gasteiger partial charge is 0.349 e. The normalized spacial score (nSPS) is 18.7. The predicted molar refractivity (Wildman–Crippen MR) is 126 cm³/mol. The third-order valence-electron chi connectivity index (χ3n) is 6.80. The number of hydrogen-bond donors (Lipinski definition) is 1. The summed E-state index contributed by atoms with van der Waals surface area (Å²) in [4.78, 5) is 36.4. The van der Waals surface area contributed by atoms with Gasteiger partial charge in [0, 0.05) is 25.2 Å². The zero-order valence-corrected chi connectivity index (χ0v) is 18.9. The summed E-state index contributed by atoms with van der Waals surface area (Å²) < 4.78 is 1.62. The number of para-hydroxylation sites is 2. The minimum atomic E-state index is -0.202. The number of fused-ring (bicyclic) bond motifs is 2. The van der Waals surface area contributed by atoms with Gasteiger partial charge in [0.1, 0.15) is 5.69 Å². The van der Waals surface area contributed by atoms with E-state index in [9.17, 15) is 9.59 Å². The maximum atomic E-state index is 12.7. The van der Waals surface area contributed by atoms with Crippen molar-refractivity contribution >= 4 is 16.9 Å². The van der Waals surface area contributed by atoms with Crippen LogP contribution in [-0.4, -0.2) is 56.2 Å². The summed E-state index contributed by atoms with van der Waals surface area (Å²) in [7, 11) is 0. The van der Waals surface area contributed by atoms with Gasteiger partial charge in [-0.1, -0.05) is 18.6 Å². The first-order valence-electron chi connectivity index (χ1n) is 12.0. The Kier molecular flexibility index (Phi) is 6.44. The monoisotopic (exact) mass is 446 g/mol. The molecule has 0 radical (unpaired) electrons. The van der Waals surface area contributed by atoms with E-state index in [4.69, 9.17) is 0 Å². The van der Waals surface area contributed by atoms with Crippen LogP contribution in [0.5, 0.6) is 0 Å². The highest BCUT2D eigenvalue weighted by molar-refractivity contribution is 5.93. The number of carbonyl (C=O) groups is 1. The van der Waals surface area contributed by atoms with Crippen LogP contribution in [0.3, 0.4) is 0 Å². The number of carbonyl (C=O) groups excluding carboxylic acids is 1. The van der Waals surface area contributed by atoms with E-state index in [0.29, 0.717) is 24.3 Å². The highest BCUT2D eigenvalue weighted by Gasteiger charge is 2.24. The quantitative estimate of drug-likeness (QED) is 0.625. The first-order chi connectivity index (χ1) is 16.2. The summed E-state index contributed by atoms with van der Waals surface area (Å²) in [6, 6.07) is 9.55. The van der Waals surface area contributed by atoms with Gasteiger partial charge in [-0.2, -0.15) is 5.10 Å². The molecule has 0 bridgehead atoms. The Labute approximate surface area is 193 Å². The van der Waals surface area contributed by atoms with Crippen molar-refractivity contribution in [2.45, 2.75) is 57.5 Å². The first-order valence-corrected chi connectivity index (χ1v) is 12.0. The fraction of sp³-hybridized carbons (Fsp3) is 0.480. The Balaban J connectivity index is 1.21. The highest BCUT2D eigenvalue weighted by Crippen LogP contribution is 2.18. The topological polar surface area (TPSA) is 93.0 Å². The number of benzene rings is 1. The number of amides is 1. The third kappa shape index (κ3) is 4.95. The predicted octanol–water partition coefficient (Wildman–Crippen LogP) is 2.35. The number of rotatable bonds is 6. The van der Waals surface area contributed by atoms with Crippen molar-refractivity contribution in [3.63, 3.8) is 0 Å². The van der Waals surface area contributed by atoms with E-state index in [1.807, 2.05) is 24.3 Å². The number of hydrogen-bond acceptors (Lipinski definition) is 6. The summed E-state index contributed by atoms with van der Waals surface area (Å²) in [6.45, 7) is 2.85. The molecule has 1 aromatic carbocycles. The molecule has 172 valence electrons. The van der Waals surface area contributed by atoms with E-state index in [2.05, 4.69) is 25.3 Å². The number of aromatic nitrogens is 4. The van der Waals surface area contributed by atoms with Crippen LogP contribution in [0.2, 0.25) is 0 Å². The lowest BCUT2D eigenvalue weighted by Gasteiger charge is -2.35. The molecule has 1 fully saturated rings. The lowest BCUT2D eigenvalue weighted by Crippen LogP contribution is -2.48. The number of likely N-dealkylation sites (tertiary alicyclic amines) is 1. The minimum absolute atomic E-state index is 0.00705. The van der Waals surface area contributed by atoms with Crippen molar-refractivity contribution in [1.29, 1.82) is 0 Å². The zero-order chi connectivity index (χ0) is 22.6. The Morgan fingerprint density at radius 3 is 2.82 bits per heavy atom. The van der Waals surface area contributed by atoms with Gasteiger partial charge in [-0.05, 0) is 62.8 Å². The van der Waals surface area contributed by atoms with E-state index in [1.54, 1.807) is 10.7 Å². The van der Waals surface area contributed by atoms with Crippen molar-refractivity contribution < 1.29 is 4.79 Å². The molecule has 1 aliphatic heterocycles. The van der Waals surface area contributed by atoms with Crippen LogP contribution in [0.1, 0.15) is 53.8 Å². The van der Waals surface area contributed by atoms with E-state index in [0.717, 1.165) is 74.8 Å². The summed E-state index contributed by atoms with van der Waals surface area (Å²) in [5.74, 6) is -0.202. The molecule has 8 heteroatoms. The third-order valence-corrected chi connectivity index (χ3v) is 6.80. The molecule has 1 unspecified atom stereocenters. The Bertz CT molecular complexity index is 1210. The second-order valence-corrected chi connectivity index (χ2v) is 9.02. The summed E-state index contributed by atoms with van der Waals surface area (Å²) >= 11 is 0. The Morgan fingerprint density at radius 1 is 1.06 bits per heavy atom. The minimum Gasteiger partial charge on any atom is -0.349 e. The SMILES string of the molecule is O=C(NCC1CCCCN1CCn1nc2c(cc1=O)CCCC2)c1cnc2ccccc2n1. The van der Waals surface area contributed by atoms with Gasteiger partial charge in [-0.3, -0.25) is 19.5 Å². The molecule has 0 saturated carbocycles. The summed E-state index contributed by atoms with van der Waals surface area (Å²) in [6.07, 6.45) is 9.05. The lowest BCUT2D eigenvalue weighted by atomic mass is 9.97. The van der Waals surface area contributed by atoms with Crippen LogP contribution in [-0.2, 0) is 19.4 Å². The maximum absolute atomic E-state index is 12.7. The fourth-order valence-corrected chi connectivity index (χ4v) is 4.94. The molecule has 33 heavy (non-hydrogen) atoms. The van der Waals surface area contributed by atoms with Gasteiger partial charge < -0.3 is 5.32 Å². The van der Waals surface area contributed by atoms with Gasteiger partial charge in [0.05, 0.1) is 29.5 Å². The molecule has 1 N–H and O–H groups in total. The van der Waals surface area contributed by atoms with Gasteiger partial charge in [0.2, 0.25) is 0 Å². The molecule has 1 aliphatic carbocycles. The Hall–Kier alpha value is -3.13. The van der Waals surface area contributed by atoms with Gasteiger partial charge in [-0.25, -0.2) is 9.67 Å². The van der Waals surface area contributed by atoms with E-state index in [1.165, 1.54) is 6.20 Å². The average Bonchev–Trinajstić information content (AvgIpc) is 2.86. The van der Waals surface area contributed by atoms with Crippen LogP contribution < -0.4 is 10.9 Å². The molecular formula is C25H30N6O2. The van der Waals surface area contributed by atoms with Crippen LogP contribution in [0.25, 0.3) is 11.0 Å². The molecule has 2 aliphatic rings. The second-order valence-electron chi connectivity index (χ2n) is 9.02. The van der Waals surface area contributed by atoms with E-state index in [-0.39, 0.29) is 17.5 Å². The number of nitrogens with zero attached hydrogens (tertiary/aromatic N) is 5. The van der Waals surface area contributed by atoms with Crippen LogP contribution in [0, 0.1) is 0 Å². The standard InChI is InChI=1S/C25H30N6O2/c32-24-15-18-7-1-2-9-20(18)29-31(24)14-13-30-12-6-5-8-19(30)16-27-25(33)23-17-26-21-10-3-4-11-22(21)28-23/h3-4,10-11,15,17,19H,1-2,5-9,12-14,16H2,(H,27,33). The highest BCUT2D eigenvalue weighted by atomic mass is 16.2. The summed E-state index contributed by atoms with van der Waals surface area (Å²) in [5, 5.41) is 7.70. The van der Waals surface area contributed by atoms with Gasteiger partial charge >= 0.3 is 0 Å². The number of piperidine rings is 1. The van der Waals surface area contributed by atoms with Crippen molar-refractivity contribution in [2.75, 3.05) is 19.6 Å². The van der Waals surface area contributed by atoms with E-state index < -0.39 is 0 Å². The van der Waals surface area contributed by atoms with E-state index >= 15 is 0 Å². The molecule has 3 aromatic rings. The average molecular weight is 447 g/mol. The van der Waals surface area contributed by atoms with Crippen molar-refractivity contribution in [3.05, 3.63) is 63.8 Å². The summed E-state index contributed by atoms with van der Waals surface area (Å²) in [5.41, 5.74) is 4.02. The zero-order valence-electron chi connectivity index (χ0n) is 18.9. The molecule has 8 nitrogen and oxygen atoms in total. The van der Waals surface area contributed by atoms with Crippen molar-refractivity contribution in [2.24, 2.45) is 0 Å². The molecule has 1 amide bonds. The maximum Gasteiger partial charge on any atom is 0.271 e. The van der Waals surface area contributed by atoms with Gasteiger partial charge in [-0.15, -0.1) is 0 Å². The van der Waals surface area contributed by atoms with Gasteiger partial charge in [0.25, 0.3) is 11.5 Å². The molecule has 5 rings (SSSR count). The Morgan fingerprint density at radius 2 is 1.91 bits per heavy atom. The second kappa shape index (κ2) is 9.79. The van der Waals surface area contributed by atoms with Crippen LogP contribution in [0.4, 0.5) is 0 Å². The van der Waals surface area contributed by atoms with Gasteiger partial charge in [0.15, 0.2) is 0 Å². The van der Waals surface area contributed by atoms with Crippen molar-refractivity contribution in [1.82, 2.24) is 30.0 Å². The first kappa shape index (κ1) is 21.7. The number of nitrogens with one attached hydrogen (secondary N) is 1. The molecule has 0 spiro atoms. The van der Waals surface area contributed by atoms with Crippen LogP contribution >= 0.6 is 0 Å². The van der Waals surface area contributed by atoms with Crippen LogP contribution in [0.15, 0.2) is 41.3 Å².